The standard InChI is InChI=1S/C14H13IN2O3S/c1-19-13(18)11-10(15)12(17-14(16-11)21-2)20-8-9-6-4-3-5-7-9/h3-7H,8H2,1-2H3. The Morgan fingerprint density at radius 2 is 2.00 bits per heavy atom. The van der Waals surface area contributed by atoms with E-state index in [2.05, 4.69) is 9.97 Å². The summed E-state index contributed by atoms with van der Waals surface area (Å²) < 4.78 is 11.0. The number of halogens is 1. The Hall–Kier alpha value is -1.35. The fraction of sp³-hybridized carbons (Fsp3) is 0.214. The van der Waals surface area contributed by atoms with Gasteiger partial charge in [0.2, 0.25) is 5.88 Å². The van der Waals surface area contributed by atoms with E-state index >= 15 is 0 Å². The number of thioether (sulfide) groups is 1. The maximum atomic E-state index is 11.7. The lowest BCUT2D eigenvalue weighted by molar-refractivity contribution is 0.0590. The Morgan fingerprint density at radius 3 is 2.62 bits per heavy atom. The second kappa shape index (κ2) is 7.60. The zero-order valence-corrected chi connectivity index (χ0v) is 14.5. The summed E-state index contributed by atoms with van der Waals surface area (Å²) in [5, 5.41) is 0.471. The molecule has 7 heteroatoms. The molecule has 2 aromatic rings. The molecule has 0 spiro atoms. The van der Waals surface area contributed by atoms with Crippen LogP contribution in [0.15, 0.2) is 35.5 Å². The average Bonchev–Trinajstić information content (AvgIpc) is 2.54. The molecule has 110 valence electrons. The van der Waals surface area contributed by atoms with E-state index in [0.717, 1.165) is 5.56 Å². The van der Waals surface area contributed by atoms with Gasteiger partial charge in [-0.15, -0.1) is 0 Å². The Morgan fingerprint density at radius 1 is 1.29 bits per heavy atom. The van der Waals surface area contributed by atoms with Crippen LogP contribution in [0.3, 0.4) is 0 Å². The molecular formula is C14H13IN2O3S. The first-order valence-corrected chi connectivity index (χ1v) is 8.32. The van der Waals surface area contributed by atoms with Gasteiger partial charge in [-0.2, -0.15) is 4.98 Å². The Kier molecular flexibility index (Phi) is 5.80. The van der Waals surface area contributed by atoms with Crippen molar-refractivity contribution in [1.82, 2.24) is 9.97 Å². The SMILES string of the molecule is COC(=O)c1nc(SC)nc(OCc2ccccc2)c1I. The van der Waals surface area contributed by atoms with Gasteiger partial charge in [-0.25, -0.2) is 9.78 Å². The quantitative estimate of drug-likeness (QED) is 0.323. The molecule has 0 saturated heterocycles. The zero-order chi connectivity index (χ0) is 15.2. The molecule has 0 N–H and O–H groups in total. The monoisotopic (exact) mass is 416 g/mol. The molecular weight excluding hydrogens is 403 g/mol. The van der Waals surface area contributed by atoms with Crippen LogP contribution >= 0.6 is 34.4 Å². The van der Waals surface area contributed by atoms with Crippen LogP contribution in [-0.2, 0) is 11.3 Å². The third-order valence-electron chi connectivity index (χ3n) is 2.58. The molecule has 0 fully saturated rings. The molecule has 5 nitrogen and oxygen atoms in total. The predicted molar refractivity (Wildman–Crippen MR) is 88.6 cm³/mol. The molecule has 0 unspecified atom stereocenters. The summed E-state index contributed by atoms with van der Waals surface area (Å²) in [6.45, 7) is 0.377. The van der Waals surface area contributed by atoms with Gasteiger partial charge in [0.15, 0.2) is 10.9 Å². The van der Waals surface area contributed by atoms with Gasteiger partial charge < -0.3 is 9.47 Å². The van der Waals surface area contributed by atoms with Crippen molar-refractivity contribution < 1.29 is 14.3 Å². The second-order valence-corrected chi connectivity index (χ2v) is 5.80. The molecule has 0 saturated carbocycles. The highest BCUT2D eigenvalue weighted by Crippen LogP contribution is 2.25. The Labute approximate surface area is 140 Å². The summed E-state index contributed by atoms with van der Waals surface area (Å²) in [6, 6.07) is 9.75. The zero-order valence-electron chi connectivity index (χ0n) is 11.5. The fourth-order valence-electron chi connectivity index (χ4n) is 1.55. The van der Waals surface area contributed by atoms with Gasteiger partial charge in [-0.1, -0.05) is 42.1 Å². The number of ether oxygens (including phenoxy) is 2. The molecule has 1 aromatic carbocycles. The molecule has 0 bridgehead atoms. The number of benzene rings is 1. The topological polar surface area (TPSA) is 61.3 Å². The van der Waals surface area contributed by atoms with Gasteiger partial charge in [-0.3, -0.25) is 0 Å². The van der Waals surface area contributed by atoms with Crippen molar-refractivity contribution in [2.75, 3.05) is 13.4 Å². The summed E-state index contributed by atoms with van der Waals surface area (Å²) in [7, 11) is 1.32. The van der Waals surface area contributed by atoms with Gasteiger partial charge in [0, 0.05) is 0 Å². The highest BCUT2D eigenvalue weighted by Gasteiger charge is 2.19. The normalized spacial score (nSPS) is 10.2. The van der Waals surface area contributed by atoms with Crippen molar-refractivity contribution in [2.24, 2.45) is 0 Å². The highest BCUT2D eigenvalue weighted by molar-refractivity contribution is 14.1. The van der Waals surface area contributed by atoms with Crippen LogP contribution in [-0.4, -0.2) is 29.3 Å². The molecule has 0 aliphatic carbocycles. The molecule has 2 rings (SSSR count). The number of carbonyl (C=O) groups excluding carboxylic acids is 1. The van der Waals surface area contributed by atoms with Crippen LogP contribution in [0.1, 0.15) is 16.1 Å². The summed E-state index contributed by atoms with van der Waals surface area (Å²) in [6.07, 6.45) is 1.84. The van der Waals surface area contributed by atoms with Gasteiger partial charge in [0.05, 0.1) is 7.11 Å². The second-order valence-electron chi connectivity index (χ2n) is 3.94. The minimum Gasteiger partial charge on any atom is -0.472 e. The minimum atomic E-state index is -0.498. The lowest BCUT2D eigenvalue weighted by atomic mass is 10.2. The highest BCUT2D eigenvalue weighted by atomic mass is 127. The van der Waals surface area contributed by atoms with Gasteiger partial charge in [0.1, 0.15) is 10.2 Å². The third kappa shape index (κ3) is 4.07. The van der Waals surface area contributed by atoms with Gasteiger partial charge >= 0.3 is 5.97 Å². The van der Waals surface area contributed by atoms with E-state index in [-0.39, 0.29) is 5.69 Å². The van der Waals surface area contributed by atoms with Gasteiger partial charge in [0.25, 0.3) is 0 Å². The summed E-state index contributed by atoms with van der Waals surface area (Å²) >= 11 is 3.34. The van der Waals surface area contributed by atoms with E-state index in [1.165, 1.54) is 18.9 Å². The number of hydrogen-bond donors (Lipinski definition) is 0. The fourth-order valence-corrected chi connectivity index (χ4v) is 2.53. The molecule has 21 heavy (non-hydrogen) atoms. The molecule has 0 atom stereocenters. The number of esters is 1. The molecule has 1 heterocycles. The van der Waals surface area contributed by atoms with E-state index in [1.54, 1.807) is 0 Å². The van der Waals surface area contributed by atoms with Crippen molar-refractivity contribution in [3.8, 4) is 5.88 Å². The third-order valence-corrected chi connectivity index (χ3v) is 4.10. The summed E-state index contributed by atoms with van der Waals surface area (Å²) in [5.74, 6) is -0.110. The van der Waals surface area contributed by atoms with Crippen molar-refractivity contribution in [1.29, 1.82) is 0 Å². The minimum absolute atomic E-state index is 0.223. The van der Waals surface area contributed by atoms with Crippen LogP contribution in [0.5, 0.6) is 5.88 Å². The van der Waals surface area contributed by atoms with E-state index in [0.29, 0.717) is 21.2 Å². The average molecular weight is 416 g/mol. The molecule has 0 amide bonds. The van der Waals surface area contributed by atoms with Crippen molar-refractivity contribution in [2.45, 2.75) is 11.8 Å². The number of methoxy groups -OCH3 is 1. The molecule has 1 aromatic heterocycles. The van der Waals surface area contributed by atoms with Crippen LogP contribution in [0.4, 0.5) is 0 Å². The number of carbonyl (C=O) groups is 1. The Balaban J connectivity index is 2.27. The van der Waals surface area contributed by atoms with E-state index < -0.39 is 5.97 Å². The van der Waals surface area contributed by atoms with Crippen LogP contribution < -0.4 is 4.74 Å². The van der Waals surface area contributed by atoms with Crippen molar-refractivity contribution in [3.05, 3.63) is 45.2 Å². The Bertz CT molecular complexity index is 638. The maximum Gasteiger partial charge on any atom is 0.358 e. The van der Waals surface area contributed by atoms with Crippen LogP contribution in [0.2, 0.25) is 0 Å². The van der Waals surface area contributed by atoms with Crippen LogP contribution in [0.25, 0.3) is 0 Å². The smallest absolute Gasteiger partial charge is 0.358 e. The van der Waals surface area contributed by atoms with Crippen molar-refractivity contribution >= 4 is 40.3 Å². The number of aromatic nitrogens is 2. The lowest BCUT2D eigenvalue weighted by Gasteiger charge is -2.10. The molecule has 0 aliphatic heterocycles. The maximum absolute atomic E-state index is 11.7. The van der Waals surface area contributed by atoms with E-state index in [9.17, 15) is 4.79 Å². The lowest BCUT2D eigenvalue weighted by Crippen LogP contribution is -2.11. The largest absolute Gasteiger partial charge is 0.472 e. The predicted octanol–water partition coefficient (Wildman–Crippen LogP) is 3.17. The first kappa shape index (κ1) is 16.0. The number of hydrogen-bond acceptors (Lipinski definition) is 6. The molecule has 0 aliphatic rings. The number of rotatable bonds is 5. The number of nitrogens with zero attached hydrogens (tertiary/aromatic N) is 2. The van der Waals surface area contributed by atoms with Crippen molar-refractivity contribution in [3.63, 3.8) is 0 Å². The van der Waals surface area contributed by atoms with Crippen LogP contribution in [0, 0.1) is 3.57 Å². The van der Waals surface area contributed by atoms with E-state index in [1.807, 2.05) is 59.2 Å². The first-order chi connectivity index (χ1) is 10.2. The summed E-state index contributed by atoms with van der Waals surface area (Å²) in [5.41, 5.74) is 1.25. The van der Waals surface area contributed by atoms with E-state index in [4.69, 9.17) is 9.47 Å². The molecule has 0 radical (unpaired) electrons. The first-order valence-electron chi connectivity index (χ1n) is 6.02. The summed E-state index contributed by atoms with van der Waals surface area (Å²) in [4.78, 5) is 20.2. The van der Waals surface area contributed by atoms with Gasteiger partial charge in [-0.05, 0) is 34.4 Å².